The molecular formula is C18H27N3O3. The van der Waals surface area contributed by atoms with Gasteiger partial charge in [0.05, 0.1) is 12.1 Å². The van der Waals surface area contributed by atoms with E-state index in [1.165, 1.54) is 12.8 Å². The maximum absolute atomic E-state index is 12.3. The van der Waals surface area contributed by atoms with Crippen LogP contribution in [0.15, 0.2) is 10.5 Å². The van der Waals surface area contributed by atoms with Crippen LogP contribution in [0.25, 0.3) is 0 Å². The van der Waals surface area contributed by atoms with Crippen LogP contribution in [0, 0.1) is 19.8 Å². The van der Waals surface area contributed by atoms with Gasteiger partial charge in [-0.05, 0) is 58.1 Å². The minimum Gasteiger partial charge on any atom is -0.466 e. The lowest BCUT2D eigenvalue weighted by Crippen LogP contribution is -2.48. The van der Waals surface area contributed by atoms with Gasteiger partial charge in [-0.3, -0.25) is 9.59 Å². The SMILES string of the molecule is Cc1cc(C(=O)NC2CCN(C(=O)CNCC3CC3)CC2)c(C)o1. The normalized spacial score (nSPS) is 18.7. The molecule has 3 rings (SSSR count). The predicted octanol–water partition coefficient (Wildman–Crippen LogP) is 1.62. The zero-order chi connectivity index (χ0) is 17.1. The number of likely N-dealkylation sites (tertiary alicyclic amines) is 1. The molecule has 1 aliphatic carbocycles. The molecule has 2 heterocycles. The summed E-state index contributed by atoms with van der Waals surface area (Å²) in [6.07, 6.45) is 4.19. The number of aryl methyl sites for hydroxylation is 2. The number of carbonyl (C=O) groups excluding carboxylic acids is 2. The van der Waals surface area contributed by atoms with Crippen LogP contribution < -0.4 is 10.6 Å². The van der Waals surface area contributed by atoms with Crippen molar-refractivity contribution in [3.05, 3.63) is 23.2 Å². The molecule has 2 aliphatic rings. The summed E-state index contributed by atoms with van der Waals surface area (Å²) in [7, 11) is 0. The zero-order valence-electron chi connectivity index (χ0n) is 14.6. The van der Waals surface area contributed by atoms with Gasteiger partial charge in [0, 0.05) is 19.1 Å². The van der Waals surface area contributed by atoms with Crippen LogP contribution in [0.2, 0.25) is 0 Å². The second-order valence-corrected chi connectivity index (χ2v) is 7.03. The van der Waals surface area contributed by atoms with E-state index in [0.29, 0.717) is 31.0 Å². The molecule has 0 unspecified atom stereocenters. The number of hydrogen-bond donors (Lipinski definition) is 2. The average Bonchev–Trinajstić information content (AvgIpc) is 3.31. The molecule has 0 spiro atoms. The summed E-state index contributed by atoms with van der Waals surface area (Å²) >= 11 is 0. The van der Waals surface area contributed by atoms with Crippen LogP contribution in [0.3, 0.4) is 0 Å². The number of amides is 2. The Bertz CT molecular complexity index is 599. The quantitative estimate of drug-likeness (QED) is 0.829. The van der Waals surface area contributed by atoms with E-state index in [9.17, 15) is 9.59 Å². The molecule has 0 radical (unpaired) electrons. The fourth-order valence-electron chi connectivity index (χ4n) is 3.21. The molecule has 0 bridgehead atoms. The Morgan fingerprint density at radius 3 is 2.50 bits per heavy atom. The molecule has 6 nitrogen and oxygen atoms in total. The van der Waals surface area contributed by atoms with Crippen molar-refractivity contribution in [3.8, 4) is 0 Å². The summed E-state index contributed by atoms with van der Waals surface area (Å²) in [5, 5.41) is 6.31. The molecule has 1 saturated heterocycles. The molecule has 2 fully saturated rings. The summed E-state index contributed by atoms with van der Waals surface area (Å²) in [5.74, 6) is 2.27. The number of piperidine rings is 1. The molecule has 1 aliphatic heterocycles. The van der Waals surface area contributed by atoms with Crippen LogP contribution in [0.1, 0.15) is 47.6 Å². The van der Waals surface area contributed by atoms with Crippen molar-refractivity contribution in [2.75, 3.05) is 26.2 Å². The molecule has 2 N–H and O–H groups in total. The van der Waals surface area contributed by atoms with Crippen LogP contribution in [0.5, 0.6) is 0 Å². The number of nitrogens with one attached hydrogen (secondary N) is 2. The van der Waals surface area contributed by atoms with Gasteiger partial charge in [0.2, 0.25) is 5.91 Å². The summed E-state index contributed by atoms with van der Waals surface area (Å²) in [6.45, 7) is 6.45. The second-order valence-electron chi connectivity index (χ2n) is 7.03. The van der Waals surface area contributed by atoms with Crippen LogP contribution in [-0.2, 0) is 4.79 Å². The molecule has 1 aromatic rings. The molecule has 0 aromatic carbocycles. The van der Waals surface area contributed by atoms with Gasteiger partial charge in [0.1, 0.15) is 11.5 Å². The van der Waals surface area contributed by atoms with E-state index in [4.69, 9.17) is 4.42 Å². The Kier molecular flexibility index (Phi) is 5.23. The average molecular weight is 333 g/mol. The highest BCUT2D eigenvalue weighted by Crippen LogP contribution is 2.27. The van der Waals surface area contributed by atoms with Gasteiger partial charge in [-0.2, -0.15) is 0 Å². The van der Waals surface area contributed by atoms with Crippen molar-refractivity contribution in [1.82, 2.24) is 15.5 Å². The highest BCUT2D eigenvalue weighted by atomic mass is 16.3. The third-order valence-electron chi connectivity index (χ3n) is 4.87. The molecule has 132 valence electrons. The Labute approximate surface area is 143 Å². The number of carbonyl (C=O) groups is 2. The van der Waals surface area contributed by atoms with Gasteiger partial charge in [-0.15, -0.1) is 0 Å². The molecule has 2 amide bonds. The van der Waals surface area contributed by atoms with Crippen LogP contribution in [0.4, 0.5) is 0 Å². The van der Waals surface area contributed by atoms with Gasteiger partial charge in [-0.1, -0.05) is 0 Å². The fraction of sp³-hybridized carbons (Fsp3) is 0.667. The maximum atomic E-state index is 12.3. The number of rotatable bonds is 6. The van der Waals surface area contributed by atoms with E-state index < -0.39 is 0 Å². The highest BCUT2D eigenvalue weighted by Gasteiger charge is 2.26. The van der Waals surface area contributed by atoms with E-state index in [0.717, 1.165) is 31.1 Å². The number of nitrogens with zero attached hydrogens (tertiary/aromatic N) is 1. The zero-order valence-corrected chi connectivity index (χ0v) is 14.6. The van der Waals surface area contributed by atoms with Crippen molar-refractivity contribution in [1.29, 1.82) is 0 Å². The first kappa shape index (κ1) is 17.0. The van der Waals surface area contributed by atoms with Gasteiger partial charge in [0.25, 0.3) is 5.91 Å². The first-order valence-corrected chi connectivity index (χ1v) is 8.89. The second kappa shape index (κ2) is 7.38. The van der Waals surface area contributed by atoms with Gasteiger partial charge >= 0.3 is 0 Å². The van der Waals surface area contributed by atoms with Crippen molar-refractivity contribution in [2.45, 2.75) is 45.6 Å². The van der Waals surface area contributed by atoms with Crippen molar-refractivity contribution >= 4 is 11.8 Å². The topological polar surface area (TPSA) is 74.6 Å². The summed E-state index contributed by atoms with van der Waals surface area (Å²) in [5.41, 5.74) is 0.607. The van der Waals surface area contributed by atoms with E-state index in [1.54, 1.807) is 13.0 Å². The lowest BCUT2D eigenvalue weighted by molar-refractivity contribution is -0.131. The molecular weight excluding hydrogens is 306 g/mol. The molecule has 24 heavy (non-hydrogen) atoms. The summed E-state index contributed by atoms with van der Waals surface area (Å²) < 4.78 is 5.41. The van der Waals surface area contributed by atoms with E-state index >= 15 is 0 Å². The fourth-order valence-corrected chi connectivity index (χ4v) is 3.21. The summed E-state index contributed by atoms with van der Waals surface area (Å²) in [6, 6.07) is 1.89. The van der Waals surface area contributed by atoms with Crippen molar-refractivity contribution in [2.24, 2.45) is 5.92 Å². The lowest BCUT2D eigenvalue weighted by atomic mass is 10.0. The third-order valence-corrected chi connectivity index (χ3v) is 4.87. The van der Waals surface area contributed by atoms with Crippen molar-refractivity contribution < 1.29 is 14.0 Å². The number of furan rings is 1. The van der Waals surface area contributed by atoms with Gasteiger partial charge in [-0.25, -0.2) is 0 Å². The first-order chi connectivity index (χ1) is 11.5. The molecule has 1 saturated carbocycles. The lowest BCUT2D eigenvalue weighted by Gasteiger charge is -2.32. The predicted molar refractivity (Wildman–Crippen MR) is 90.8 cm³/mol. The Balaban J connectivity index is 1.40. The molecule has 0 atom stereocenters. The Morgan fingerprint density at radius 1 is 1.21 bits per heavy atom. The van der Waals surface area contributed by atoms with E-state index in [1.807, 2.05) is 11.8 Å². The van der Waals surface area contributed by atoms with E-state index in [2.05, 4.69) is 10.6 Å². The maximum Gasteiger partial charge on any atom is 0.255 e. The van der Waals surface area contributed by atoms with Gasteiger partial charge in [0.15, 0.2) is 0 Å². The smallest absolute Gasteiger partial charge is 0.255 e. The minimum atomic E-state index is -0.0831. The van der Waals surface area contributed by atoms with Crippen molar-refractivity contribution in [3.63, 3.8) is 0 Å². The monoisotopic (exact) mass is 333 g/mol. The van der Waals surface area contributed by atoms with E-state index in [-0.39, 0.29) is 17.9 Å². The minimum absolute atomic E-state index is 0.0831. The first-order valence-electron chi connectivity index (χ1n) is 8.89. The number of hydrogen-bond acceptors (Lipinski definition) is 4. The standard InChI is InChI=1S/C18H27N3O3/c1-12-9-16(13(2)24-12)18(23)20-15-5-7-21(8-6-15)17(22)11-19-10-14-3-4-14/h9,14-15,19H,3-8,10-11H2,1-2H3,(H,20,23). The third kappa shape index (κ3) is 4.38. The van der Waals surface area contributed by atoms with Crippen LogP contribution in [-0.4, -0.2) is 48.9 Å². The highest BCUT2D eigenvalue weighted by molar-refractivity contribution is 5.95. The largest absolute Gasteiger partial charge is 0.466 e. The van der Waals surface area contributed by atoms with Crippen LogP contribution >= 0.6 is 0 Å². The van der Waals surface area contributed by atoms with Gasteiger partial charge < -0.3 is 20.0 Å². The molecule has 6 heteroatoms. The Morgan fingerprint density at radius 2 is 1.92 bits per heavy atom. The summed E-state index contributed by atoms with van der Waals surface area (Å²) in [4.78, 5) is 26.4. The Hall–Kier alpha value is -1.82. The molecule has 1 aromatic heterocycles.